The van der Waals surface area contributed by atoms with Crippen molar-refractivity contribution in [2.45, 2.75) is 0 Å². The van der Waals surface area contributed by atoms with Crippen LogP contribution in [0.5, 0.6) is 11.5 Å². The van der Waals surface area contributed by atoms with Gasteiger partial charge in [-0.3, -0.25) is 4.79 Å². The number of nitrogens with zero attached hydrogens (tertiary/aromatic N) is 4. The number of rotatable bonds is 4. The molecule has 0 bridgehead atoms. The van der Waals surface area contributed by atoms with E-state index < -0.39 is 0 Å². The summed E-state index contributed by atoms with van der Waals surface area (Å²) in [6.07, 6.45) is 1.50. The third-order valence-corrected chi connectivity index (χ3v) is 5.01. The fourth-order valence-electron chi connectivity index (χ4n) is 3.21. The maximum atomic E-state index is 12.4. The van der Waals surface area contributed by atoms with Gasteiger partial charge >= 0.3 is 0 Å². The van der Waals surface area contributed by atoms with Crippen LogP contribution in [0.25, 0.3) is 10.9 Å². The first-order chi connectivity index (χ1) is 13.6. The number of fused-ring (bicyclic) bond motifs is 1. The molecule has 3 aromatic rings. The van der Waals surface area contributed by atoms with Crippen molar-refractivity contribution in [1.29, 1.82) is 0 Å². The van der Waals surface area contributed by atoms with Gasteiger partial charge in [0.05, 0.1) is 26.0 Å². The molecule has 0 atom stereocenters. The van der Waals surface area contributed by atoms with E-state index in [4.69, 9.17) is 25.5 Å². The maximum absolute atomic E-state index is 12.4. The van der Waals surface area contributed by atoms with E-state index in [0.29, 0.717) is 65.4 Å². The zero-order valence-corrected chi connectivity index (χ0v) is 16.3. The maximum Gasteiger partial charge on any atom is 0.289 e. The fourth-order valence-corrected chi connectivity index (χ4v) is 3.44. The molecule has 0 N–H and O–H groups in total. The highest BCUT2D eigenvalue weighted by molar-refractivity contribution is 6.34. The molecule has 2 aromatic heterocycles. The molecule has 4 rings (SSSR count). The Hall–Kier alpha value is -3.00. The Morgan fingerprint density at radius 3 is 2.46 bits per heavy atom. The summed E-state index contributed by atoms with van der Waals surface area (Å²) in [6, 6.07) is 6.92. The zero-order valence-electron chi connectivity index (χ0n) is 15.5. The number of carbonyl (C=O) groups excluding carboxylic acids is 1. The lowest BCUT2D eigenvalue weighted by molar-refractivity contribution is 0.0714. The Kier molecular flexibility index (Phi) is 4.95. The minimum atomic E-state index is -0.112. The molecule has 0 aliphatic carbocycles. The van der Waals surface area contributed by atoms with Crippen LogP contribution in [-0.4, -0.2) is 61.2 Å². The van der Waals surface area contributed by atoms with E-state index >= 15 is 0 Å². The van der Waals surface area contributed by atoms with Crippen LogP contribution < -0.4 is 14.4 Å². The standard InChI is InChI=1S/C19H19ClN4O4/c1-26-15-10-12-13(11-16(15)27-2)21-19(22-17(12)20)24-7-5-23(6-8-24)18(25)14-4-3-9-28-14/h3-4,9-11H,5-8H2,1-2H3. The summed E-state index contributed by atoms with van der Waals surface area (Å²) >= 11 is 6.40. The number of furan rings is 1. The second kappa shape index (κ2) is 7.55. The summed E-state index contributed by atoms with van der Waals surface area (Å²) in [5.41, 5.74) is 0.668. The van der Waals surface area contributed by atoms with Gasteiger partial charge in [0.2, 0.25) is 5.95 Å². The minimum absolute atomic E-state index is 0.112. The van der Waals surface area contributed by atoms with Crippen LogP contribution in [0, 0.1) is 0 Å². The first kappa shape index (κ1) is 18.4. The first-order valence-electron chi connectivity index (χ1n) is 8.77. The molecule has 28 heavy (non-hydrogen) atoms. The number of amides is 1. The number of halogens is 1. The molecule has 0 spiro atoms. The van der Waals surface area contributed by atoms with Gasteiger partial charge in [-0.25, -0.2) is 9.97 Å². The van der Waals surface area contributed by atoms with Crippen LogP contribution in [0.4, 0.5) is 5.95 Å². The number of piperazine rings is 1. The molecule has 8 nitrogen and oxygen atoms in total. The molecule has 0 unspecified atom stereocenters. The minimum Gasteiger partial charge on any atom is -0.493 e. The van der Waals surface area contributed by atoms with Crippen molar-refractivity contribution in [3.8, 4) is 11.5 Å². The van der Waals surface area contributed by atoms with Gasteiger partial charge in [-0.15, -0.1) is 0 Å². The van der Waals surface area contributed by atoms with Crippen molar-refractivity contribution < 1.29 is 18.7 Å². The van der Waals surface area contributed by atoms with Crippen molar-refractivity contribution in [3.05, 3.63) is 41.4 Å². The number of hydrogen-bond donors (Lipinski definition) is 0. The quantitative estimate of drug-likeness (QED) is 0.620. The normalized spacial score (nSPS) is 14.4. The second-order valence-electron chi connectivity index (χ2n) is 6.30. The van der Waals surface area contributed by atoms with Gasteiger partial charge in [0.1, 0.15) is 5.15 Å². The third kappa shape index (κ3) is 3.31. The molecule has 146 valence electrons. The van der Waals surface area contributed by atoms with Crippen molar-refractivity contribution in [2.75, 3.05) is 45.3 Å². The first-order valence-corrected chi connectivity index (χ1v) is 9.15. The Bertz CT molecular complexity index is 1000. The van der Waals surface area contributed by atoms with Gasteiger partial charge in [-0.05, 0) is 18.2 Å². The van der Waals surface area contributed by atoms with E-state index in [1.54, 1.807) is 43.4 Å². The van der Waals surface area contributed by atoms with E-state index in [1.165, 1.54) is 6.26 Å². The number of carbonyl (C=O) groups is 1. The number of ether oxygens (including phenoxy) is 2. The molecular formula is C19H19ClN4O4. The van der Waals surface area contributed by atoms with Gasteiger partial charge in [0, 0.05) is 37.6 Å². The van der Waals surface area contributed by atoms with Crippen LogP contribution >= 0.6 is 11.6 Å². The molecule has 1 saturated heterocycles. The largest absolute Gasteiger partial charge is 0.493 e. The molecule has 1 aliphatic rings. The number of methoxy groups -OCH3 is 2. The highest BCUT2D eigenvalue weighted by Gasteiger charge is 2.25. The Morgan fingerprint density at radius 2 is 1.82 bits per heavy atom. The van der Waals surface area contributed by atoms with Crippen LogP contribution in [0.15, 0.2) is 34.9 Å². The number of aromatic nitrogens is 2. The molecule has 9 heteroatoms. The van der Waals surface area contributed by atoms with Gasteiger partial charge < -0.3 is 23.7 Å². The third-order valence-electron chi connectivity index (χ3n) is 4.72. The number of hydrogen-bond acceptors (Lipinski definition) is 7. The summed E-state index contributed by atoms with van der Waals surface area (Å²) in [5, 5.41) is 1.03. The molecule has 3 heterocycles. The fraction of sp³-hybridized carbons (Fsp3) is 0.316. The number of anilines is 1. The summed E-state index contributed by atoms with van der Waals surface area (Å²) in [4.78, 5) is 25.2. The van der Waals surface area contributed by atoms with Crippen LogP contribution in [0.2, 0.25) is 5.15 Å². The van der Waals surface area contributed by atoms with Crippen LogP contribution in [0.1, 0.15) is 10.6 Å². The summed E-state index contributed by atoms with van der Waals surface area (Å²) in [5.74, 6) is 1.90. The van der Waals surface area contributed by atoms with Gasteiger partial charge in [-0.1, -0.05) is 11.6 Å². The molecule has 1 amide bonds. The average Bonchev–Trinajstić information content (AvgIpc) is 3.27. The van der Waals surface area contributed by atoms with E-state index in [-0.39, 0.29) is 5.91 Å². The predicted octanol–water partition coefficient (Wildman–Crippen LogP) is 2.86. The lowest BCUT2D eigenvalue weighted by Crippen LogP contribution is -2.49. The average molecular weight is 403 g/mol. The number of benzene rings is 1. The Morgan fingerprint density at radius 1 is 1.11 bits per heavy atom. The van der Waals surface area contributed by atoms with Crippen molar-refractivity contribution >= 4 is 34.4 Å². The van der Waals surface area contributed by atoms with Gasteiger partial charge in [0.25, 0.3) is 5.91 Å². The molecule has 0 saturated carbocycles. The zero-order chi connectivity index (χ0) is 19.7. The SMILES string of the molecule is COc1cc2nc(N3CCN(C(=O)c4ccco4)CC3)nc(Cl)c2cc1OC. The van der Waals surface area contributed by atoms with Crippen LogP contribution in [0.3, 0.4) is 0 Å². The highest BCUT2D eigenvalue weighted by atomic mass is 35.5. The topological polar surface area (TPSA) is 80.9 Å². The molecule has 1 aromatic carbocycles. The monoisotopic (exact) mass is 402 g/mol. The molecular weight excluding hydrogens is 384 g/mol. The molecule has 1 aliphatic heterocycles. The van der Waals surface area contributed by atoms with E-state index in [0.717, 1.165) is 0 Å². The van der Waals surface area contributed by atoms with E-state index in [1.807, 2.05) is 4.90 Å². The summed E-state index contributed by atoms with van der Waals surface area (Å²) in [6.45, 7) is 2.29. The second-order valence-corrected chi connectivity index (χ2v) is 6.65. The van der Waals surface area contributed by atoms with Gasteiger partial charge in [-0.2, -0.15) is 0 Å². The lowest BCUT2D eigenvalue weighted by Gasteiger charge is -2.34. The van der Waals surface area contributed by atoms with Crippen molar-refractivity contribution in [1.82, 2.24) is 14.9 Å². The van der Waals surface area contributed by atoms with E-state index in [9.17, 15) is 4.79 Å². The summed E-state index contributed by atoms with van der Waals surface area (Å²) < 4.78 is 15.9. The molecule has 0 radical (unpaired) electrons. The smallest absolute Gasteiger partial charge is 0.289 e. The summed E-state index contributed by atoms with van der Waals surface area (Å²) in [7, 11) is 3.14. The highest BCUT2D eigenvalue weighted by Crippen LogP contribution is 2.34. The Balaban J connectivity index is 1.56. The van der Waals surface area contributed by atoms with Crippen molar-refractivity contribution in [3.63, 3.8) is 0 Å². The van der Waals surface area contributed by atoms with Gasteiger partial charge in [0.15, 0.2) is 17.3 Å². The predicted molar refractivity (Wildman–Crippen MR) is 104 cm³/mol. The lowest BCUT2D eigenvalue weighted by atomic mass is 10.2. The van der Waals surface area contributed by atoms with E-state index in [2.05, 4.69) is 9.97 Å². The van der Waals surface area contributed by atoms with Crippen molar-refractivity contribution in [2.24, 2.45) is 0 Å². The Labute approximate surface area is 166 Å². The molecule has 1 fully saturated rings. The van der Waals surface area contributed by atoms with Crippen LogP contribution in [-0.2, 0) is 0 Å².